The SMILES string of the molecule is Cc1cnc(-c2ccc3c(c2)CN(C2CCCNC2)C3=O)cc1CN1CCC(C(C)(C)O)CC1. The molecule has 1 aromatic heterocycles. The Kier molecular flexibility index (Phi) is 6.49. The molecule has 4 heterocycles. The predicted molar refractivity (Wildman–Crippen MR) is 134 cm³/mol. The number of carbonyl (C=O) groups excluding carboxylic acids is 1. The Bertz CT molecular complexity index is 1050. The molecule has 34 heavy (non-hydrogen) atoms. The second-order valence-corrected chi connectivity index (χ2v) is 11.0. The zero-order valence-corrected chi connectivity index (χ0v) is 20.8. The molecule has 0 aliphatic carbocycles. The van der Waals surface area contributed by atoms with Gasteiger partial charge >= 0.3 is 0 Å². The van der Waals surface area contributed by atoms with E-state index in [9.17, 15) is 9.90 Å². The maximum atomic E-state index is 13.0. The highest BCUT2D eigenvalue weighted by atomic mass is 16.3. The first-order valence-electron chi connectivity index (χ1n) is 12.8. The number of aryl methyl sites for hydroxylation is 1. The summed E-state index contributed by atoms with van der Waals surface area (Å²) < 4.78 is 0. The van der Waals surface area contributed by atoms with Gasteiger partial charge in [0.05, 0.1) is 11.3 Å². The van der Waals surface area contributed by atoms with Crippen molar-refractivity contribution in [1.29, 1.82) is 0 Å². The lowest BCUT2D eigenvalue weighted by molar-refractivity contribution is -0.0136. The third-order valence-electron chi connectivity index (χ3n) is 8.14. The maximum absolute atomic E-state index is 13.0. The lowest BCUT2D eigenvalue weighted by Gasteiger charge is -2.38. The van der Waals surface area contributed by atoms with E-state index in [1.165, 1.54) is 11.1 Å². The van der Waals surface area contributed by atoms with Gasteiger partial charge in [-0.15, -0.1) is 0 Å². The first-order valence-corrected chi connectivity index (χ1v) is 12.8. The van der Waals surface area contributed by atoms with E-state index in [4.69, 9.17) is 4.98 Å². The molecule has 1 amide bonds. The second-order valence-electron chi connectivity index (χ2n) is 11.0. The van der Waals surface area contributed by atoms with Gasteiger partial charge in [-0.05, 0) is 107 Å². The minimum atomic E-state index is -0.593. The average Bonchev–Trinajstić information content (AvgIpc) is 3.16. The van der Waals surface area contributed by atoms with E-state index in [1.807, 2.05) is 31.0 Å². The van der Waals surface area contributed by atoms with Crippen LogP contribution in [-0.2, 0) is 13.1 Å². The molecule has 1 atom stereocenters. The Morgan fingerprint density at radius 3 is 2.68 bits per heavy atom. The van der Waals surface area contributed by atoms with Gasteiger partial charge in [0.15, 0.2) is 0 Å². The fourth-order valence-electron chi connectivity index (χ4n) is 5.83. The number of aliphatic hydroxyl groups is 1. The van der Waals surface area contributed by atoms with Gasteiger partial charge in [0.2, 0.25) is 0 Å². The Labute approximate surface area is 203 Å². The van der Waals surface area contributed by atoms with Crippen molar-refractivity contribution in [2.75, 3.05) is 26.2 Å². The third-order valence-corrected chi connectivity index (χ3v) is 8.14. The summed E-state index contributed by atoms with van der Waals surface area (Å²) in [5.74, 6) is 0.540. The fraction of sp³-hybridized carbons (Fsp3) is 0.571. The van der Waals surface area contributed by atoms with Gasteiger partial charge in [-0.2, -0.15) is 0 Å². The number of fused-ring (bicyclic) bond motifs is 1. The first-order chi connectivity index (χ1) is 16.3. The number of hydrogen-bond acceptors (Lipinski definition) is 5. The van der Waals surface area contributed by atoms with Gasteiger partial charge in [-0.3, -0.25) is 14.7 Å². The van der Waals surface area contributed by atoms with E-state index in [0.717, 1.165) is 80.8 Å². The van der Waals surface area contributed by atoms with Crippen molar-refractivity contribution < 1.29 is 9.90 Å². The molecule has 3 aliphatic rings. The molecule has 6 heteroatoms. The number of nitrogens with one attached hydrogen (secondary N) is 1. The van der Waals surface area contributed by atoms with Crippen LogP contribution in [0.25, 0.3) is 11.3 Å². The van der Waals surface area contributed by atoms with Crippen molar-refractivity contribution in [2.24, 2.45) is 5.92 Å². The molecule has 1 unspecified atom stereocenters. The minimum Gasteiger partial charge on any atom is -0.390 e. The Hall–Kier alpha value is -2.28. The number of benzene rings is 1. The normalized spacial score (nSPS) is 22.3. The molecule has 2 aromatic rings. The summed E-state index contributed by atoms with van der Waals surface area (Å²) in [5.41, 5.74) is 5.93. The highest BCUT2D eigenvalue weighted by molar-refractivity contribution is 5.99. The monoisotopic (exact) mass is 462 g/mol. The van der Waals surface area contributed by atoms with Gasteiger partial charge in [0.1, 0.15) is 0 Å². The molecule has 2 fully saturated rings. The summed E-state index contributed by atoms with van der Waals surface area (Å²) in [6.07, 6.45) is 6.25. The number of amides is 1. The standard InChI is InChI=1S/C28H38N4O2/c1-19-15-30-26(14-21(19)17-31-11-8-23(9-12-31)28(2,3)34)20-6-7-25-22(13-20)18-32(27(25)33)24-5-4-10-29-16-24/h6-7,13-15,23-24,29,34H,4-5,8-12,16-18H2,1-3H3. The Balaban J connectivity index is 1.30. The van der Waals surface area contributed by atoms with Crippen LogP contribution in [0.2, 0.25) is 0 Å². The van der Waals surface area contributed by atoms with E-state index >= 15 is 0 Å². The molecule has 0 radical (unpaired) electrons. The summed E-state index contributed by atoms with van der Waals surface area (Å²) in [5, 5.41) is 13.8. The lowest BCUT2D eigenvalue weighted by Crippen LogP contribution is -2.46. The second kappa shape index (κ2) is 9.40. The predicted octanol–water partition coefficient (Wildman–Crippen LogP) is 3.75. The molecule has 6 nitrogen and oxygen atoms in total. The van der Waals surface area contributed by atoms with E-state index in [2.05, 4.69) is 35.3 Å². The third kappa shape index (κ3) is 4.77. The highest BCUT2D eigenvalue weighted by Gasteiger charge is 2.34. The quantitative estimate of drug-likeness (QED) is 0.708. The van der Waals surface area contributed by atoms with Crippen LogP contribution in [-0.4, -0.2) is 63.6 Å². The number of pyridine rings is 1. The Morgan fingerprint density at radius 1 is 1.18 bits per heavy atom. The van der Waals surface area contributed by atoms with E-state index in [1.54, 1.807) is 0 Å². The number of piperidine rings is 2. The van der Waals surface area contributed by atoms with Crippen LogP contribution in [0.5, 0.6) is 0 Å². The number of aromatic nitrogens is 1. The number of nitrogens with zero attached hydrogens (tertiary/aromatic N) is 3. The Morgan fingerprint density at radius 2 is 1.97 bits per heavy atom. The molecule has 3 aliphatic heterocycles. The van der Waals surface area contributed by atoms with Crippen LogP contribution >= 0.6 is 0 Å². The van der Waals surface area contributed by atoms with E-state index < -0.39 is 5.60 Å². The summed E-state index contributed by atoms with van der Waals surface area (Å²) >= 11 is 0. The minimum absolute atomic E-state index is 0.169. The molecular weight excluding hydrogens is 424 g/mol. The summed E-state index contributed by atoms with van der Waals surface area (Å²) in [4.78, 5) is 22.3. The zero-order chi connectivity index (χ0) is 23.9. The number of likely N-dealkylation sites (tertiary alicyclic amines) is 1. The molecular formula is C28H38N4O2. The lowest BCUT2D eigenvalue weighted by atomic mass is 9.83. The van der Waals surface area contributed by atoms with Gasteiger partial charge in [0, 0.05) is 43.0 Å². The molecule has 2 N–H and O–H groups in total. The summed E-state index contributed by atoms with van der Waals surface area (Å²) in [6, 6.07) is 8.72. The highest BCUT2D eigenvalue weighted by Crippen LogP contribution is 2.32. The maximum Gasteiger partial charge on any atom is 0.254 e. The van der Waals surface area contributed by atoms with Crippen LogP contribution in [0.15, 0.2) is 30.5 Å². The van der Waals surface area contributed by atoms with Gasteiger partial charge in [-0.25, -0.2) is 0 Å². The average molecular weight is 463 g/mol. The molecule has 5 rings (SSSR count). The zero-order valence-electron chi connectivity index (χ0n) is 20.8. The van der Waals surface area contributed by atoms with Gasteiger partial charge < -0.3 is 15.3 Å². The van der Waals surface area contributed by atoms with Gasteiger partial charge in [-0.1, -0.05) is 6.07 Å². The van der Waals surface area contributed by atoms with Gasteiger partial charge in [0.25, 0.3) is 5.91 Å². The number of rotatable bonds is 5. The van der Waals surface area contributed by atoms with Crippen LogP contribution in [0.3, 0.4) is 0 Å². The van der Waals surface area contributed by atoms with Crippen molar-refractivity contribution in [2.45, 2.75) is 71.2 Å². The van der Waals surface area contributed by atoms with Crippen molar-refractivity contribution >= 4 is 5.91 Å². The topological polar surface area (TPSA) is 68.7 Å². The van der Waals surface area contributed by atoms with Crippen LogP contribution in [0.1, 0.15) is 66.6 Å². The van der Waals surface area contributed by atoms with E-state index in [0.29, 0.717) is 18.5 Å². The largest absolute Gasteiger partial charge is 0.390 e. The summed E-state index contributed by atoms with van der Waals surface area (Å²) in [7, 11) is 0. The van der Waals surface area contributed by atoms with Crippen LogP contribution in [0, 0.1) is 12.8 Å². The molecule has 2 saturated heterocycles. The van der Waals surface area contributed by atoms with Crippen molar-refractivity contribution in [3.8, 4) is 11.3 Å². The fourth-order valence-corrected chi connectivity index (χ4v) is 5.83. The van der Waals surface area contributed by atoms with Crippen LogP contribution < -0.4 is 5.32 Å². The first kappa shape index (κ1) is 23.5. The molecule has 0 saturated carbocycles. The molecule has 1 aromatic carbocycles. The van der Waals surface area contributed by atoms with Crippen molar-refractivity contribution in [1.82, 2.24) is 20.1 Å². The van der Waals surface area contributed by atoms with Crippen LogP contribution in [0.4, 0.5) is 0 Å². The molecule has 0 bridgehead atoms. The molecule has 182 valence electrons. The van der Waals surface area contributed by atoms with Crippen molar-refractivity contribution in [3.63, 3.8) is 0 Å². The molecule has 0 spiro atoms. The number of hydrogen-bond donors (Lipinski definition) is 2. The van der Waals surface area contributed by atoms with E-state index in [-0.39, 0.29) is 5.91 Å². The number of carbonyl (C=O) groups is 1. The van der Waals surface area contributed by atoms with Crippen molar-refractivity contribution in [3.05, 3.63) is 52.7 Å². The summed E-state index contributed by atoms with van der Waals surface area (Å²) in [6.45, 7) is 11.6. The smallest absolute Gasteiger partial charge is 0.254 e.